The van der Waals surface area contributed by atoms with Crippen molar-refractivity contribution in [1.82, 2.24) is 30.6 Å². The Morgan fingerprint density at radius 2 is 1.19 bits per heavy atom. The van der Waals surface area contributed by atoms with Crippen LogP contribution in [0.3, 0.4) is 0 Å². The van der Waals surface area contributed by atoms with Gasteiger partial charge in [0.15, 0.2) is 0 Å². The molecule has 2 aliphatic heterocycles. The molecule has 0 atom stereocenters. The van der Waals surface area contributed by atoms with Crippen molar-refractivity contribution in [2.24, 2.45) is 0 Å². The Balaban J connectivity index is 0.000000160. The molecule has 8 rings (SSSR count). The highest BCUT2D eigenvalue weighted by molar-refractivity contribution is 5.89. The highest BCUT2D eigenvalue weighted by Crippen LogP contribution is 2.29. The van der Waals surface area contributed by atoms with E-state index in [1.807, 2.05) is 114 Å². The Morgan fingerprint density at radius 3 is 1.74 bits per heavy atom. The van der Waals surface area contributed by atoms with Crippen LogP contribution in [0.5, 0.6) is 0 Å². The largest absolute Gasteiger partial charge is 0.399 e. The van der Waals surface area contributed by atoms with E-state index < -0.39 is 0 Å². The number of nitrogens with zero attached hydrogens (tertiary/aromatic N) is 3. The number of H-pyrrole nitrogens is 2. The lowest BCUT2D eigenvalue weighted by Crippen LogP contribution is -2.38. The van der Waals surface area contributed by atoms with Gasteiger partial charge in [-0.15, -0.1) is 0 Å². The van der Waals surface area contributed by atoms with Crippen LogP contribution >= 0.6 is 0 Å². The fraction of sp³-hybridized carbons (Fsp3) is 0.184. The number of rotatable bonds is 3. The average Bonchev–Trinajstić information content (AvgIpc) is 3.75. The maximum absolute atomic E-state index is 12.5. The first-order valence-corrected chi connectivity index (χ1v) is 15.5. The molecule has 2 amide bonds. The topological polar surface area (TPSA) is 128 Å². The van der Waals surface area contributed by atoms with Crippen LogP contribution in [0.4, 0.5) is 16.2 Å². The van der Waals surface area contributed by atoms with Crippen LogP contribution < -0.4 is 16.4 Å². The van der Waals surface area contributed by atoms with Gasteiger partial charge in [0.1, 0.15) is 0 Å². The summed E-state index contributed by atoms with van der Waals surface area (Å²) < 4.78 is 0. The molecule has 2 aliphatic rings. The average molecular weight is 627 g/mol. The number of nitrogen functional groups attached to an aromatic ring is 1. The van der Waals surface area contributed by atoms with Crippen LogP contribution in [0.15, 0.2) is 121 Å². The van der Waals surface area contributed by atoms with E-state index >= 15 is 0 Å². The Kier molecular flexibility index (Phi) is 11.2. The quantitative estimate of drug-likeness (QED) is 0.132. The second-order valence-electron chi connectivity index (χ2n) is 11.1. The van der Waals surface area contributed by atoms with Crippen LogP contribution in [0.2, 0.25) is 0 Å². The molecule has 6 N–H and O–H groups in total. The summed E-state index contributed by atoms with van der Waals surface area (Å²) >= 11 is 0. The minimum absolute atomic E-state index is 0. The molecular formula is C38H42N8O. The second kappa shape index (κ2) is 16.1. The predicted molar refractivity (Wildman–Crippen MR) is 191 cm³/mol. The first kappa shape index (κ1) is 32.7. The van der Waals surface area contributed by atoms with E-state index in [0.717, 1.165) is 65.5 Å². The molecule has 0 aliphatic carbocycles. The SMILES string of the molecule is C.Nc1ccccc1.O=C(Nc1ccccc1)N1CCc2[nH]nc(-c3ccccc3)c2C1.c1ccc(-c2n[nH]c3c2CNCC3)cc1. The number of nitrogens with one attached hydrogen (secondary N) is 4. The van der Waals surface area contributed by atoms with Gasteiger partial charge in [-0.3, -0.25) is 10.2 Å². The molecule has 0 unspecified atom stereocenters. The lowest BCUT2D eigenvalue weighted by Gasteiger charge is -2.27. The van der Waals surface area contributed by atoms with Crippen molar-refractivity contribution in [2.75, 3.05) is 24.1 Å². The van der Waals surface area contributed by atoms with Gasteiger partial charge in [-0.05, 0) is 24.3 Å². The van der Waals surface area contributed by atoms with Crippen LogP contribution in [-0.2, 0) is 25.9 Å². The molecule has 0 bridgehead atoms. The Morgan fingerprint density at radius 1 is 0.681 bits per heavy atom. The zero-order valence-corrected chi connectivity index (χ0v) is 25.6. The van der Waals surface area contributed by atoms with Crippen molar-refractivity contribution in [2.45, 2.75) is 33.4 Å². The molecule has 0 fully saturated rings. The van der Waals surface area contributed by atoms with Crippen molar-refractivity contribution in [3.63, 3.8) is 0 Å². The molecule has 9 heteroatoms. The molecule has 4 aromatic carbocycles. The number of carbonyl (C=O) groups is 1. The minimum atomic E-state index is -0.0768. The highest BCUT2D eigenvalue weighted by atomic mass is 16.2. The van der Waals surface area contributed by atoms with E-state index in [9.17, 15) is 4.79 Å². The fourth-order valence-corrected chi connectivity index (χ4v) is 5.54. The maximum atomic E-state index is 12.5. The number of fused-ring (bicyclic) bond motifs is 2. The van der Waals surface area contributed by atoms with E-state index in [4.69, 9.17) is 5.73 Å². The third kappa shape index (κ3) is 8.33. The zero-order chi connectivity index (χ0) is 31.6. The molecule has 47 heavy (non-hydrogen) atoms. The number of carbonyl (C=O) groups excluding carboxylic acids is 1. The lowest BCUT2D eigenvalue weighted by atomic mass is 10.0. The number of anilines is 2. The van der Waals surface area contributed by atoms with E-state index in [0.29, 0.717) is 13.1 Å². The second-order valence-corrected chi connectivity index (χ2v) is 11.1. The normalized spacial score (nSPS) is 12.9. The van der Waals surface area contributed by atoms with E-state index in [-0.39, 0.29) is 13.5 Å². The summed E-state index contributed by atoms with van der Waals surface area (Å²) in [6.45, 7) is 3.22. The number of nitrogens with two attached hydrogens (primary N) is 1. The fourth-order valence-electron chi connectivity index (χ4n) is 5.54. The molecule has 240 valence electrons. The van der Waals surface area contributed by atoms with Gasteiger partial charge in [0.05, 0.1) is 17.9 Å². The van der Waals surface area contributed by atoms with Gasteiger partial charge in [0.2, 0.25) is 0 Å². The molecule has 0 radical (unpaired) electrons. The zero-order valence-electron chi connectivity index (χ0n) is 25.6. The van der Waals surface area contributed by atoms with Crippen LogP contribution in [0.1, 0.15) is 29.9 Å². The first-order chi connectivity index (χ1) is 22.7. The standard InChI is InChI=1S/C19H18N4O.C12H13N3.C6H7N.CH4/c24-19(20-15-9-5-2-6-10-15)23-12-11-17-16(13-23)18(22-21-17)14-7-3-1-4-8-14;1-2-4-9(5-3-1)12-10-8-13-7-6-11(10)14-15-12;7-6-4-2-1-3-5-6;/h1-10H,11-13H2,(H,20,24)(H,21,22);1-5,13H,6-8H2,(H,14,15);1-5H,7H2;1H4. The number of aromatic amines is 2. The number of para-hydroxylation sites is 2. The van der Waals surface area contributed by atoms with Crippen molar-refractivity contribution >= 4 is 17.4 Å². The summed E-state index contributed by atoms with van der Waals surface area (Å²) in [6.07, 6.45) is 1.84. The Hall–Kier alpha value is -5.67. The summed E-state index contributed by atoms with van der Waals surface area (Å²) in [5, 5.41) is 21.5. The number of aromatic nitrogens is 4. The molecule has 6 aromatic rings. The number of benzene rings is 4. The van der Waals surface area contributed by atoms with Gasteiger partial charge >= 0.3 is 6.03 Å². The van der Waals surface area contributed by atoms with E-state index in [2.05, 4.69) is 43.2 Å². The van der Waals surface area contributed by atoms with Gasteiger partial charge in [-0.2, -0.15) is 10.2 Å². The maximum Gasteiger partial charge on any atom is 0.322 e. The predicted octanol–water partition coefficient (Wildman–Crippen LogP) is 7.29. The molecule has 0 saturated heterocycles. The van der Waals surface area contributed by atoms with Gasteiger partial charge in [0, 0.05) is 77.5 Å². The Bertz CT molecular complexity index is 1820. The molecule has 2 aromatic heterocycles. The van der Waals surface area contributed by atoms with Gasteiger partial charge in [-0.1, -0.05) is 104 Å². The third-order valence-electron chi connectivity index (χ3n) is 7.95. The van der Waals surface area contributed by atoms with Crippen molar-refractivity contribution in [1.29, 1.82) is 0 Å². The first-order valence-electron chi connectivity index (χ1n) is 15.5. The molecule has 0 saturated carbocycles. The highest BCUT2D eigenvalue weighted by Gasteiger charge is 2.25. The smallest absolute Gasteiger partial charge is 0.322 e. The van der Waals surface area contributed by atoms with Crippen LogP contribution in [-0.4, -0.2) is 44.4 Å². The summed E-state index contributed by atoms with van der Waals surface area (Å²) in [6, 6.07) is 39.3. The van der Waals surface area contributed by atoms with Gasteiger partial charge in [0.25, 0.3) is 0 Å². The molecule has 4 heterocycles. The molecule has 0 spiro atoms. The van der Waals surface area contributed by atoms with Crippen LogP contribution in [0.25, 0.3) is 22.5 Å². The van der Waals surface area contributed by atoms with Crippen molar-refractivity contribution < 1.29 is 4.79 Å². The number of urea groups is 1. The molecular weight excluding hydrogens is 584 g/mol. The van der Waals surface area contributed by atoms with Crippen LogP contribution in [0, 0.1) is 0 Å². The third-order valence-corrected chi connectivity index (χ3v) is 7.95. The number of hydrogen-bond donors (Lipinski definition) is 5. The summed E-state index contributed by atoms with van der Waals surface area (Å²) in [5.74, 6) is 0. The van der Waals surface area contributed by atoms with Crippen molar-refractivity contribution in [3.8, 4) is 22.5 Å². The Labute approximate surface area is 276 Å². The number of hydrogen-bond acceptors (Lipinski definition) is 5. The van der Waals surface area contributed by atoms with Gasteiger partial charge < -0.3 is 21.3 Å². The molecule has 9 nitrogen and oxygen atoms in total. The summed E-state index contributed by atoms with van der Waals surface area (Å²) in [4.78, 5) is 14.4. The number of amides is 2. The van der Waals surface area contributed by atoms with E-state index in [1.165, 1.54) is 16.8 Å². The lowest BCUT2D eigenvalue weighted by molar-refractivity contribution is 0.206. The van der Waals surface area contributed by atoms with Crippen molar-refractivity contribution in [3.05, 3.63) is 144 Å². The summed E-state index contributed by atoms with van der Waals surface area (Å²) in [5.41, 5.74) is 16.1. The monoisotopic (exact) mass is 626 g/mol. The minimum Gasteiger partial charge on any atom is -0.399 e. The van der Waals surface area contributed by atoms with E-state index in [1.54, 1.807) is 0 Å². The summed E-state index contributed by atoms with van der Waals surface area (Å²) in [7, 11) is 0. The van der Waals surface area contributed by atoms with Gasteiger partial charge in [-0.25, -0.2) is 4.79 Å².